The van der Waals surface area contributed by atoms with Crippen LogP contribution in [0.3, 0.4) is 0 Å². The lowest BCUT2D eigenvalue weighted by Crippen LogP contribution is -2.60. The number of Topliss-reactive ketones (excluding diaryl/α,β-unsaturated/α-hetero) is 1. The van der Waals surface area contributed by atoms with Crippen molar-refractivity contribution in [2.45, 2.75) is 45.1 Å². The minimum atomic E-state index is -3.34. The maximum Gasteiger partial charge on any atom is 0.176 e. The molecule has 0 bridgehead atoms. The first-order chi connectivity index (χ1) is 12.4. The van der Waals surface area contributed by atoms with Gasteiger partial charge >= 0.3 is 0 Å². The Kier molecular flexibility index (Phi) is 6.11. The number of para-hydroxylation sites is 1. The Morgan fingerprint density at radius 3 is 1.81 bits per heavy atom. The smallest absolute Gasteiger partial charge is 0.176 e. The van der Waals surface area contributed by atoms with Crippen molar-refractivity contribution >= 4 is 25.5 Å². The highest BCUT2D eigenvalue weighted by Gasteiger charge is 2.59. The molecule has 0 aliphatic carbocycles. The number of hydrogen-bond donors (Lipinski definition) is 0. The molecular formula is C19H28O6S2. The molecule has 0 fully saturated rings. The van der Waals surface area contributed by atoms with Gasteiger partial charge in [0, 0.05) is 12.5 Å². The molecule has 0 saturated heterocycles. The summed E-state index contributed by atoms with van der Waals surface area (Å²) in [7, 11) is -6.68. The van der Waals surface area contributed by atoms with E-state index in [2.05, 4.69) is 0 Å². The van der Waals surface area contributed by atoms with E-state index in [-0.39, 0.29) is 30.1 Å². The number of fused-ring (bicyclic) bond motifs is 1. The summed E-state index contributed by atoms with van der Waals surface area (Å²) in [4.78, 5) is 13.6. The van der Waals surface area contributed by atoms with Gasteiger partial charge in [0.05, 0.1) is 22.5 Å². The summed E-state index contributed by atoms with van der Waals surface area (Å²) in [6.07, 6.45) is 3.26. The number of carbonyl (C=O) groups excluding carboxylic acids is 1. The quantitative estimate of drug-likeness (QED) is 0.647. The van der Waals surface area contributed by atoms with Crippen LogP contribution in [0.4, 0.5) is 0 Å². The summed E-state index contributed by atoms with van der Waals surface area (Å²) in [6, 6.07) is 6.89. The number of rotatable bonds is 8. The zero-order valence-corrected chi connectivity index (χ0v) is 18.0. The highest BCUT2D eigenvalue weighted by molar-refractivity contribution is 7.90. The molecule has 2 rings (SSSR count). The summed E-state index contributed by atoms with van der Waals surface area (Å²) in [6.45, 7) is 3.78. The van der Waals surface area contributed by atoms with Crippen LogP contribution in [0.1, 0.15) is 49.9 Å². The number of sulfone groups is 2. The fourth-order valence-electron chi connectivity index (χ4n) is 4.11. The third kappa shape index (κ3) is 4.37. The van der Waals surface area contributed by atoms with Crippen molar-refractivity contribution in [3.8, 4) is 5.75 Å². The van der Waals surface area contributed by atoms with Crippen LogP contribution in [-0.4, -0.2) is 52.2 Å². The third-order valence-electron chi connectivity index (χ3n) is 5.69. The molecule has 0 unspecified atom stereocenters. The van der Waals surface area contributed by atoms with Gasteiger partial charge in [0.2, 0.25) is 0 Å². The van der Waals surface area contributed by atoms with Gasteiger partial charge in [-0.1, -0.05) is 26.0 Å². The average molecular weight is 417 g/mol. The van der Waals surface area contributed by atoms with Crippen LogP contribution in [0.25, 0.3) is 0 Å². The Balaban J connectivity index is 2.68. The lowest BCUT2D eigenvalue weighted by atomic mass is 9.60. The molecular weight excluding hydrogens is 388 g/mol. The highest BCUT2D eigenvalue weighted by atomic mass is 32.2. The fourth-order valence-corrected chi connectivity index (χ4v) is 5.55. The maximum atomic E-state index is 13.6. The topological polar surface area (TPSA) is 94.6 Å². The predicted octanol–water partition coefficient (Wildman–Crippen LogP) is 2.68. The lowest BCUT2D eigenvalue weighted by Gasteiger charge is -2.52. The molecule has 6 nitrogen and oxygen atoms in total. The van der Waals surface area contributed by atoms with Crippen molar-refractivity contribution in [1.29, 1.82) is 0 Å². The van der Waals surface area contributed by atoms with Crippen molar-refractivity contribution in [3.63, 3.8) is 0 Å². The Morgan fingerprint density at radius 2 is 1.37 bits per heavy atom. The van der Waals surface area contributed by atoms with E-state index < -0.39 is 30.7 Å². The van der Waals surface area contributed by atoms with Crippen molar-refractivity contribution in [2.75, 3.05) is 24.0 Å². The SMILES string of the molecule is CCC1(CC)Oc2ccccc2C(=O)C1(CCS(C)(=O)=O)CCS(C)(=O)=O. The molecule has 1 aliphatic heterocycles. The molecule has 1 aromatic carbocycles. The van der Waals surface area contributed by atoms with E-state index in [1.165, 1.54) is 0 Å². The molecule has 8 heteroatoms. The first kappa shape index (κ1) is 21.9. The average Bonchev–Trinajstić information content (AvgIpc) is 2.58. The van der Waals surface area contributed by atoms with Gasteiger partial charge in [-0.05, 0) is 37.8 Å². The fraction of sp³-hybridized carbons (Fsp3) is 0.632. The summed E-state index contributed by atoms with van der Waals surface area (Å²) >= 11 is 0. The minimum absolute atomic E-state index is 0.0379. The summed E-state index contributed by atoms with van der Waals surface area (Å²) in [5, 5.41) is 0. The van der Waals surface area contributed by atoms with Gasteiger partial charge in [-0.15, -0.1) is 0 Å². The Morgan fingerprint density at radius 1 is 0.889 bits per heavy atom. The van der Waals surface area contributed by atoms with Crippen LogP contribution < -0.4 is 4.74 Å². The van der Waals surface area contributed by atoms with E-state index in [1.54, 1.807) is 24.3 Å². The number of ketones is 1. The zero-order valence-electron chi connectivity index (χ0n) is 16.3. The van der Waals surface area contributed by atoms with E-state index >= 15 is 0 Å². The van der Waals surface area contributed by atoms with E-state index in [9.17, 15) is 21.6 Å². The Hall–Kier alpha value is -1.41. The van der Waals surface area contributed by atoms with E-state index in [0.717, 1.165) is 12.5 Å². The van der Waals surface area contributed by atoms with Gasteiger partial charge in [-0.2, -0.15) is 0 Å². The van der Waals surface area contributed by atoms with E-state index in [1.807, 2.05) is 13.8 Å². The molecule has 152 valence electrons. The molecule has 1 aliphatic rings. The molecule has 0 atom stereocenters. The standard InChI is InChI=1S/C19H28O6S2/c1-5-19(6-2)18(11-13-26(3,21)22,12-14-27(4,23)24)17(20)15-9-7-8-10-16(15)25-19/h7-10H,5-6,11-14H2,1-4H3. The number of ether oxygens (including phenoxy) is 1. The third-order valence-corrected chi connectivity index (χ3v) is 7.58. The monoisotopic (exact) mass is 416 g/mol. The Bertz CT molecular complexity index is 875. The van der Waals surface area contributed by atoms with Gasteiger partial charge in [0.25, 0.3) is 0 Å². The van der Waals surface area contributed by atoms with E-state index in [0.29, 0.717) is 24.2 Å². The van der Waals surface area contributed by atoms with Gasteiger partial charge in [0.15, 0.2) is 5.78 Å². The Labute approximate surface area is 162 Å². The summed E-state index contributed by atoms with van der Waals surface area (Å²) in [5.41, 5.74) is -1.78. The van der Waals surface area contributed by atoms with Gasteiger partial charge in [0.1, 0.15) is 31.0 Å². The van der Waals surface area contributed by atoms with E-state index in [4.69, 9.17) is 4.74 Å². The molecule has 0 radical (unpaired) electrons. The van der Waals surface area contributed by atoms with Crippen LogP contribution in [-0.2, 0) is 19.7 Å². The predicted molar refractivity (Wildman–Crippen MR) is 106 cm³/mol. The summed E-state index contributed by atoms with van der Waals surface area (Å²) < 4.78 is 53.9. The first-order valence-electron chi connectivity index (χ1n) is 9.08. The molecule has 1 aromatic rings. The van der Waals surface area contributed by atoms with Crippen molar-refractivity contribution in [2.24, 2.45) is 5.41 Å². The molecule has 0 saturated carbocycles. The normalized spacial score (nSPS) is 18.6. The van der Waals surface area contributed by atoms with Crippen LogP contribution in [0, 0.1) is 5.41 Å². The van der Waals surface area contributed by atoms with Gasteiger partial charge < -0.3 is 4.74 Å². The van der Waals surface area contributed by atoms with Gasteiger partial charge in [-0.3, -0.25) is 4.79 Å². The zero-order chi connectivity index (χ0) is 20.5. The first-order valence-corrected chi connectivity index (χ1v) is 13.2. The van der Waals surface area contributed by atoms with Crippen molar-refractivity contribution < 1.29 is 26.4 Å². The molecule has 0 N–H and O–H groups in total. The number of hydrogen-bond acceptors (Lipinski definition) is 6. The molecule has 27 heavy (non-hydrogen) atoms. The highest BCUT2D eigenvalue weighted by Crippen LogP contribution is 2.53. The van der Waals surface area contributed by atoms with Crippen LogP contribution in [0.5, 0.6) is 5.75 Å². The molecule has 0 spiro atoms. The van der Waals surface area contributed by atoms with Crippen molar-refractivity contribution in [3.05, 3.63) is 29.8 Å². The second-order valence-corrected chi connectivity index (χ2v) is 12.0. The maximum absolute atomic E-state index is 13.6. The molecule has 1 heterocycles. The largest absolute Gasteiger partial charge is 0.485 e. The second kappa shape index (κ2) is 7.54. The number of benzene rings is 1. The second-order valence-electron chi connectivity index (χ2n) is 7.47. The van der Waals surface area contributed by atoms with Crippen LogP contribution in [0.2, 0.25) is 0 Å². The number of carbonyl (C=O) groups is 1. The van der Waals surface area contributed by atoms with Crippen molar-refractivity contribution in [1.82, 2.24) is 0 Å². The minimum Gasteiger partial charge on any atom is -0.485 e. The van der Waals surface area contributed by atoms with Gasteiger partial charge in [-0.25, -0.2) is 16.8 Å². The molecule has 0 amide bonds. The van der Waals surface area contributed by atoms with Crippen LogP contribution >= 0.6 is 0 Å². The summed E-state index contributed by atoms with van der Waals surface area (Å²) in [5.74, 6) is -0.146. The molecule has 0 aromatic heterocycles. The van der Waals surface area contributed by atoms with Crippen LogP contribution in [0.15, 0.2) is 24.3 Å². The lowest BCUT2D eigenvalue weighted by molar-refractivity contribution is -0.0635.